The lowest BCUT2D eigenvalue weighted by atomic mass is 10.2. The molecule has 2 rings (SSSR count). The molecule has 0 radical (unpaired) electrons. The van der Waals surface area contributed by atoms with E-state index in [2.05, 4.69) is 10.3 Å². The van der Waals surface area contributed by atoms with Crippen molar-refractivity contribution in [2.24, 2.45) is 0 Å². The molecule has 1 heterocycles. The van der Waals surface area contributed by atoms with Gasteiger partial charge in [-0.25, -0.2) is 22.9 Å². The van der Waals surface area contributed by atoms with Gasteiger partial charge < -0.3 is 4.74 Å². The number of amides is 1. The molecule has 1 aromatic heterocycles. The first kappa shape index (κ1) is 16.9. The number of thiazole rings is 1. The van der Waals surface area contributed by atoms with Crippen LogP contribution in [0.25, 0.3) is 0 Å². The second kappa shape index (κ2) is 6.78. The number of carbonyl (C=O) groups excluding carboxylic acids is 2. The summed E-state index contributed by atoms with van der Waals surface area (Å²) in [6, 6.07) is 1.46. The van der Waals surface area contributed by atoms with E-state index in [1.54, 1.807) is 6.92 Å². The Bertz CT molecular complexity index is 777. The molecule has 0 spiro atoms. The van der Waals surface area contributed by atoms with Crippen molar-refractivity contribution in [2.75, 3.05) is 11.9 Å². The monoisotopic (exact) mass is 344 g/mol. The summed E-state index contributed by atoms with van der Waals surface area (Å²) in [5.41, 5.74) is -0.344. The molecule has 0 aliphatic rings. The summed E-state index contributed by atoms with van der Waals surface area (Å²) >= 11 is 0.836. The summed E-state index contributed by atoms with van der Waals surface area (Å²) in [4.78, 5) is 27.7. The van der Waals surface area contributed by atoms with Crippen LogP contribution in [-0.4, -0.2) is 23.5 Å². The maximum atomic E-state index is 13.6. The van der Waals surface area contributed by atoms with Crippen LogP contribution in [0.3, 0.4) is 0 Å². The third-order valence-corrected chi connectivity index (χ3v) is 3.81. The standard InChI is InChI=1S/C14H11F3N2O3S/c1-3-22-13(21)11-6(2)18-14(23-11)19-12(20)7-4-5-8(15)10(17)9(7)16/h4-5H,3H2,1-2H3,(H,18,19,20). The van der Waals surface area contributed by atoms with E-state index in [0.717, 1.165) is 17.4 Å². The molecule has 9 heteroatoms. The van der Waals surface area contributed by atoms with E-state index in [-0.39, 0.29) is 16.6 Å². The molecule has 122 valence electrons. The van der Waals surface area contributed by atoms with Gasteiger partial charge in [0.1, 0.15) is 4.88 Å². The van der Waals surface area contributed by atoms with Gasteiger partial charge in [0.2, 0.25) is 0 Å². The average Bonchev–Trinajstić information content (AvgIpc) is 2.85. The molecule has 0 aliphatic heterocycles. The van der Waals surface area contributed by atoms with E-state index in [1.165, 1.54) is 6.92 Å². The van der Waals surface area contributed by atoms with Crippen LogP contribution in [0.1, 0.15) is 32.6 Å². The summed E-state index contributed by atoms with van der Waals surface area (Å²) in [6.45, 7) is 3.36. The maximum absolute atomic E-state index is 13.6. The zero-order valence-corrected chi connectivity index (χ0v) is 12.9. The molecule has 1 N–H and O–H groups in total. The summed E-state index contributed by atoms with van der Waals surface area (Å²) < 4.78 is 44.4. The topological polar surface area (TPSA) is 68.3 Å². The van der Waals surface area contributed by atoms with Gasteiger partial charge >= 0.3 is 5.97 Å². The van der Waals surface area contributed by atoms with Gasteiger partial charge in [0.15, 0.2) is 22.6 Å². The third kappa shape index (κ3) is 3.50. The largest absolute Gasteiger partial charge is 0.462 e. The summed E-state index contributed by atoms with van der Waals surface area (Å²) in [5.74, 6) is -6.33. The molecule has 0 saturated heterocycles. The van der Waals surface area contributed by atoms with E-state index in [4.69, 9.17) is 4.74 Å². The fourth-order valence-electron chi connectivity index (χ4n) is 1.70. The van der Waals surface area contributed by atoms with Crippen LogP contribution in [-0.2, 0) is 4.74 Å². The number of aryl methyl sites for hydroxylation is 1. The molecule has 0 atom stereocenters. The number of nitrogens with one attached hydrogen (secondary N) is 1. The first-order valence-corrected chi connectivity index (χ1v) is 7.26. The van der Waals surface area contributed by atoms with E-state index in [9.17, 15) is 22.8 Å². The first-order valence-electron chi connectivity index (χ1n) is 6.44. The minimum absolute atomic E-state index is 0.0136. The number of hydrogen-bond donors (Lipinski definition) is 1. The zero-order chi connectivity index (χ0) is 17.1. The van der Waals surface area contributed by atoms with Crippen LogP contribution in [0.5, 0.6) is 0 Å². The Hall–Kier alpha value is -2.42. The van der Waals surface area contributed by atoms with Gasteiger partial charge in [0.25, 0.3) is 5.91 Å². The number of halogens is 3. The van der Waals surface area contributed by atoms with Crippen molar-refractivity contribution in [3.05, 3.63) is 45.7 Å². The second-order valence-electron chi connectivity index (χ2n) is 4.33. The average molecular weight is 344 g/mol. The van der Waals surface area contributed by atoms with Gasteiger partial charge in [0, 0.05) is 0 Å². The van der Waals surface area contributed by atoms with E-state index >= 15 is 0 Å². The third-order valence-electron chi connectivity index (χ3n) is 2.76. The van der Waals surface area contributed by atoms with Crippen LogP contribution >= 0.6 is 11.3 Å². The number of aromatic nitrogens is 1. The highest BCUT2D eigenvalue weighted by molar-refractivity contribution is 7.17. The maximum Gasteiger partial charge on any atom is 0.350 e. The van der Waals surface area contributed by atoms with Gasteiger partial charge in [-0.05, 0) is 26.0 Å². The number of nitrogens with zero attached hydrogens (tertiary/aromatic N) is 1. The van der Waals surface area contributed by atoms with Gasteiger partial charge in [-0.15, -0.1) is 0 Å². The second-order valence-corrected chi connectivity index (χ2v) is 5.33. The van der Waals surface area contributed by atoms with Crippen molar-refractivity contribution >= 4 is 28.3 Å². The lowest BCUT2D eigenvalue weighted by Crippen LogP contribution is -2.15. The molecular weight excluding hydrogens is 333 g/mol. The van der Waals surface area contributed by atoms with Crippen molar-refractivity contribution < 1.29 is 27.5 Å². The Morgan fingerprint density at radius 3 is 2.61 bits per heavy atom. The first-order chi connectivity index (χ1) is 10.8. The SMILES string of the molecule is CCOC(=O)c1sc(NC(=O)c2ccc(F)c(F)c2F)nc1C. The highest BCUT2D eigenvalue weighted by Gasteiger charge is 2.21. The summed E-state index contributed by atoms with van der Waals surface area (Å²) in [5, 5.41) is 2.25. The minimum Gasteiger partial charge on any atom is -0.462 e. The lowest BCUT2D eigenvalue weighted by molar-refractivity contribution is 0.0531. The molecule has 0 saturated carbocycles. The number of anilines is 1. The van der Waals surface area contributed by atoms with Gasteiger partial charge in [-0.2, -0.15) is 0 Å². The highest BCUT2D eigenvalue weighted by Crippen LogP contribution is 2.24. The number of ether oxygens (including phenoxy) is 1. The van der Waals surface area contributed by atoms with Gasteiger partial charge in [-0.3, -0.25) is 10.1 Å². The Kier molecular flexibility index (Phi) is 4.99. The van der Waals surface area contributed by atoms with Crippen LogP contribution in [0, 0.1) is 24.4 Å². The minimum atomic E-state index is -1.74. The van der Waals surface area contributed by atoms with Crippen molar-refractivity contribution in [1.82, 2.24) is 4.98 Å². The van der Waals surface area contributed by atoms with Crippen LogP contribution in [0.4, 0.5) is 18.3 Å². The van der Waals surface area contributed by atoms with Gasteiger partial charge in [0.05, 0.1) is 17.9 Å². The summed E-state index contributed by atoms with van der Waals surface area (Å²) in [6.07, 6.45) is 0. The Labute approximate surface area is 133 Å². The van der Waals surface area contributed by atoms with Crippen molar-refractivity contribution in [3.8, 4) is 0 Å². The smallest absolute Gasteiger partial charge is 0.350 e. The Balaban J connectivity index is 2.23. The van der Waals surface area contributed by atoms with Crippen LogP contribution in [0.2, 0.25) is 0 Å². The fraction of sp³-hybridized carbons (Fsp3) is 0.214. The quantitative estimate of drug-likeness (QED) is 0.683. The number of benzene rings is 1. The van der Waals surface area contributed by atoms with Crippen molar-refractivity contribution in [1.29, 1.82) is 0 Å². The summed E-state index contributed by atoms with van der Waals surface area (Å²) in [7, 11) is 0. The lowest BCUT2D eigenvalue weighted by Gasteiger charge is -2.04. The van der Waals surface area contributed by atoms with Crippen LogP contribution < -0.4 is 5.32 Å². The van der Waals surface area contributed by atoms with E-state index in [0.29, 0.717) is 11.8 Å². The number of esters is 1. The fourth-order valence-corrected chi connectivity index (χ4v) is 2.56. The van der Waals surface area contributed by atoms with E-state index < -0.39 is 34.9 Å². The molecule has 5 nitrogen and oxygen atoms in total. The zero-order valence-electron chi connectivity index (χ0n) is 12.1. The molecule has 23 heavy (non-hydrogen) atoms. The molecule has 0 bridgehead atoms. The van der Waals surface area contributed by atoms with Gasteiger partial charge in [-0.1, -0.05) is 11.3 Å². The normalized spacial score (nSPS) is 10.5. The van der Waals surface area contributed by atoms with Crippen molar-refractivity contribution in [2.45, 2.75) is 13.8 Å². The Morgan fingerprint density at radius 1 is 1.26 bits per heavy atom. The predicted octanol–water partition coefficient (Wildman–Crippen LogP) is 3.30. The van der Waals surface area contributed by atoms with Crippen molar-refractivity contribution in [3.63, 3.8) is 0 Å². The number of carbonyl (C=O) groups is 2. The molecule has 0 unspecified atom stereocenters. The molecule has 1 aromatic carbocycles. The molecular formula is C14H11F3N2O3S. The molecule has 1 amide bonds. The molecule has 0 aliphatic carbocycles. The number of hydrogen-bond acceptors (Lipinski definition) is 5. The number of rotatable bonds is 4. The molecule has 2 aromatic rings. The molecule has 0 fully saturated rings. The Morgan fingerprint density at radius 2 is 1.96 bits per heavy atom. The van der Waals surface area contributed by atoms with Crippen LogP contribution in [0.15, 0.2) is 12.1 Å². The van der Waals surface area contributed by atoms with E-state index in [1.807, 2.05) is 0 Å². The highest BCUT2D eigenvalue weighted by atomic mass is 32.1. The predicted molar refractivity (Wildman–Crippen MR) is 77.1 cm³/mol.